The molecule has 0 spiro atoms. The van der Waals surface area contributed by atoms with E-state index in [1.807, 2.05) is 31.2 Å². The van der Waals surface area contributed by atoms with E-state index in [1.165, 1.54) is 18.7 Å². The van der Waals surface area contributed by atoms with E-state index in [4.69, 9.17) is 27.9 Å². The fourth-order valence-electron chi connectivity index (χ4n) is 1.98. The molecular formula is C18H17Cl2NO3S. The number of halogens is 2. The van der Waals surface area contributed by atoms with E-state index in [0.29, 0.717) is 15.7 Å². The second-order valence-corrected chi connectivity index (χ2v) is 7.10. The molecule has 2 aromatic rings. The number of nitrogens with one attached hydrogen (secondary N) is 1. The van der Waals surface area contributed by atoms with Crippen LogP contribution in [0.15, 0.2) is 47.4 Å². The predicted octanol–water partition coefficient (Wildman–Crippen LogP) is 4.96. The van der Waals surface area contributed by atoms with Crippen LogP contribution in [0, 0.1) is 6.92 Å². The molecular weight excluding hydrogens is 381 g/mol. The Morgan fingerprint density at radius 1 is 1.12 bits per heavy atom. The molecule has 0 unspecified atom stereocenters. The number of ether oxygens (including phenoxy) is 1. The number of rotatable bonds is 6. The van der Waals surface area contributed by atoms with Crippen molar-refractivity contribution in [1.29, 1.82) is 0 Å². The van der Waals surface area contributed by atoms with Gasteiger partial charge in [0.15, 0.2) is 6.10 Å². The monoisotopic (exact) mass is 397 g/mol. The quantitative estimate of drug-likeness (QED) is 0.552. The van der Waals surface area contributed by atoms with Crippen molar-refractivity contribution in [3.05, 3.63) is 58.1 Å². The number of hydrogen-bond acceptors (Lipinski definition) is 4. The second kappa shape index (κ2) is 9.13. The maximum Gasteiger partial charge on any atom is 0.317 e. The first kappa shape index (κ1) is 19.6. The molecule has 1 amide bonds. The van der Waals surface area contributed by atoms with E-state index in [2.05, 4.69) is 5.32 Å². The number of esters is 1. The van der Waals surface area contributed by atoms with Gasteiger partial charge >= 0.3 is 5.97 Å². The van der Waals surface area contributed by atoms with E-state index in [0.717, 1.165) is 10.5 Å². The smallest absolute Gasteiger partial charge is 0.317 e. The van der Waals surface area contributed by atoms with Gasteiger partial charge in [-0.05, 0) is 37.6 Å². The van der Waals surface area contributed by atoms with Crippen LogP contribution in [-0.2, 0) is 14.3 Å². The summed E-state index contributed by atoms with van der Waals surface area (Å²) in [6, 6.07) is 12.6. The lowest BCUT2D eigenvalue weighted by atomic mass is 10.2. The first-order valence-corrected chi connectivity index (χ1v) is 9.25. The Bertz CT molecular complexity index is 762. The van der Waals surface area contributed by atoms with Gasteiger partial charge in [0, 0.05) is 4.90 Å². The minimum atomic E-state index is -0.961. The van der Waals surface area contributed by atoms with E-state index < -0.39 is 18.0 Å². The lowest BCUT2D eigenvalue weighted by Gasteiger charge is -2.15. The van der Waals surface area contributed by atoms with Crippen LogP contribution in [0.4, 0.5) is 5.69 Å². The van der Waals surface area contributed by atoms with Crippen LogP contribution in [0.25, 0.3) is 0 Å². The number of para-hydroxylation sites is 1. The molecule has 132 valence electrons. The molecule has 25 heavy (non-hydrogen) atoms. The van der Waals surface area contributed by atoms with Crippen LogP contribution in [0.2, 0.25) is 10.0 Å². The number of carbonyl (C=O) groups excluding carboxylic acids is 2. The first-order chi connectivity index (χ1) is 11.9. The highest BCUT2D eigenvalue weighted by Gasteiger charge is 2.20. The van der Waals surface area contributed by atoms with Gasteiger partial charge in [-0.2, -0.15) is 0 Å². The molecule has 1 atom stereocenters. The van der Waals surface area contributed by atoms with Crippen LogP contribution in [-0.4, -0.2) is 23.7 Å². The molecule has 0 aliphatic carbocycles. The summed E-state index contributed by atoms with van der Waals surface area (Å²) in [5.74, 6) is -0.847. The average Bonchev–Trinajstić information content (AvgIpc) is 2.57. The maximum atomic E-state index is 12.2. The van der Waals surface area contributed by atoms with Gasteiger partial charge in [-0.3, -0.25) is 9.59 Å². The summed E-state index contributed by atoms with van der Waals surface area (Å²) in [6.45, 7) is 3.47. The van der Waals surface area contributed by atoms with Crippen LogP contribution in [0.3, 0.4) is 0 Å². The summed E-state index contributed by atoms with van der Waals surface area (Å²) in [6.07, 6.45) is -0.961. The first-order valence-electron chi connectivity index (χ1n) is 7.51. The van der Waals surface area contributed by atoms with Crippen molar-refractivity contribution in [1.82, 2.24) is 0 Å². The topological polar surface area (TPSA) is 55.4 Å². The molecule has 0 fully saturated rings. The van der Waals surface area contributed by atoms with E-state index in [-0.39, 0.29) is 5.75 Å². The molecule has 0 aliphatic heterocycles. The number of hydrogen-bond donors (Lipinski definition) is 1. The van der Waals surface area contributed by atoms with Crippen LogP contribution >= 0.6 is 35.0 Å². The number of amides is 1. The number of carbonyl (C=O) groups is 2. The van der Waals surface area contributed by atoms with E-state index >= 15 is 0 Å². The van der Waals surface area contributed by atoms with Crippen LogP contribution in [0.1, 0.15) is 12.5 Å². The average molecular weight is 398 g/mol. The van der Waals surface area contributed by atoms with E-state index in [1.54, 1.807) is 18.2 Å². The van der Waals surface area contributed by atoms with Gasteiger partial charge < -0.3 is 10.1 Å². The molecule has 0 saturated heterocycles. The zero-order valence-corrected chi connectivity index (χ0v) is 16.0. The minimum absolute atomic E-state index is 0.120. The normalized spacial score (nSPS) is 11.7. The molecule has 7 heteroatoms. The van der Waals surface area contributed by atoms with Gasteiger partial charge in [0.05, 0.1) is 21.5 Å². The highest BCUT2D eigenvalue weighted by atomic mass is 35.5. The van der Waals surface area contributed by atoms with Gasteiger partial charge in [0.25, 0.3) is 5.91 Å². The third-order valence-electron chi connectivity index (χ3n) is 3.33. The van der Waals surface area contributed by atoms with Gasteiger partial charge in [-0.1, -0.05) is 47.5 Å². The van der Waals surface area contributed by atoms with Gasteiger partial charge in [-0.15, -0.1) is 11.8 Å². The zero-order chi connectivity index (χ0) is 18.4. The number of benzene rings is 2. The predicted molar refractivity (Wildman–Crippen MR) is 103 cm³/mol. The standard InChI is InChI=1S/C18H17Cl2NO3S/c1-11-6-3-4-9-15(11)25-10-16(22)24-12(2)18(23)21-17-13(19)7-5-8-14(17)20/h3-9,12H,10H2,1-2H3,(H,21,23)/t12-/m0/s1. The third-order valence-corrected chi connectivity index (χ3v) is 5.11. The van der Waals surface area contributed by atoms with Crippen LogP contribution in [0.5, 0.6) is 0 Å². The molecule has 0 saturated carbocycles. The second-order valence-electron chi connectivity index (χ2n) is 5.27. The number of thioether (sulfide) groups is 1. The Kier molecular flexibility index (Phi) is 7.17. The third kappa shape index (κ3) is 5.66. The van der Waals surface area contributed by atoms with Crippen molar-refractivity contribution in [2.45, 2.75) is 24.8 Å². The maximum absolute atomic E-state index is 12.2. The fourth-order valence-corrected chi connectivity index (χ4v) is 3.29. The minimum Gasteiger partial charge on any atom is -0.452 e. The largest absolute Gasteiger partial charge is 0.452 e. The fraction of sp³-hybridized carbons (Fsp3) is 0.222. The summed E-state index contributed by atoms with van der Waals surface area (Å²) in [4.78, 5) is 25.1. The molecule has 1 N–H and O–H groups in total. The van der Waals surface area contributed by atoms with Crippen molar-refractivity contribution < 1.29 is 14.3 Å². The Labute approximate surface area is 160 Å². The van der Waals surface area contributed by atoms with Crippen molar-refractivity contribution in [2.75, 3.05) is 11.1 Å². The van der Waals surface area contributed by atoms with Gasteiger partial charge in [0.2, 0.25) is 0 Å². The summed E-state index contributed by atoms with van der Waals surface area (Å²) >= 11 is 13.4. The van der Waals surface area contributed by atoms with E-state index in [9.17, 15) is 9.59 Å². The highest BCUT2D eigenvalue weighted by Crippen LogP contribution is 2.30. The Balaban J connectivity index is 1.88. The van der Waals surface area contributed by atoms with Gasteiger partial charge in [-0.25, -0.2) is 0 Å². The molecule has 2 rings (SSSR count). The van der Waals surface area contributed by atoms with Crippen molar-refractivity contribution in [3.8, 4) is 0 Å². The van der Waals surface area contributed by atoms with Gasteiger partial charge in [0.1, 0.15) is 0 Å². The Morgan fingerprint density at radius 2 is 1.76 bits per heavy atom. The Morgan fingerprint density at radius 3 is 2.40 bits per heavy atom. The molecule has 2 aromatic carbocycles. The van der Waals surface area contributed by atoms with Crippen molar-refractivity contribution in [3.63, 3.8) is 0 Å². The highest BCUT2D eigenvalue weighted by molar-refractivity contribution is 8.00. The molecule has 0 heterocycles. The Hall–Kier alpha value is -1.69. The summed E-state index contributed by atoms with van der Waals surface area (Å²) in [7, 11) is 0. The molecule has 4 nitrogen and oxygen atoms in total. The SMILES string of the molecule is Cc1ccccc1SCC(=O)O[C@@H](C)C(=O)Nc1c(Cl)cccc1Cl. The lowest BCUT2D eigenvalue weighted by molar-refractivity contribution is -0.150. The molecule has 0 bridgehead atoms. The molecule has 0 radical (unpaired) electrons. The van der Waals surface area contributed by atoms with Crippen LogP contribution < -0.4 is 5.32 Å². The zero-order valence-electron chi connectivity index (χ0n) is 13.7. The molecule has 0 aliphatic rings. The van der Waals surface area contributed by atoms with Crippen molar-refractivity contribution in [2.24, 2.45) is 0 Å². The summed E-state index contributed by atoms with van der Waals surface area (Å²) in [5.41, 5.74) is 1.38. The summed E-state index contributed by atoms with van der Waals surface area (Å²) < 4.78 is 5.17. The lowest BCUT2D eigenvalue weighted by Crippen LogP contribution is -2.30. The molecule has 0 aromatic heterocycles. The number of anilines is 1. The summed E-state index contributed by atoms with van der Waals surface area (Å²) in [5, 5.41) is 3.21. The number of aryl methyl sites for hydroxylation is 1. The van der Waals surface area contributed by atoms with Crippen molar-refractivity contribution >= 4 is 52.5 Å².